The molecule has 5 nitrogen and oxygen atoms in total. The van der Waals surface area contributed by atoms with Gasteiger partial charge in [0.1, 0.15) is 4.90 Å². The van der Waals surface area contributed by atoms with Gasteiger partial charge in [0.25, 0.3) is 0 Å². The highest BCUT2D eigenvalue weighted by molar-refractivity contribution is 7.89. The van der Waals surface area contributed by atoms with E-state index in [0.717, 1.165) is 18.6 Å². The maximum Gasteiger partial charge on any atom is 0.337 e. The van der Waals surface area contributed by atoms with Crippen LogP contribution in [0.15, 0.2) is 17.0 Å². The number of carboxylic acid groups (broad SMARTS) is 1. The van der Waals surface area contributed by atoms with E-state index >= 15 is 0 Å². The number of nitrogens with one attached hydrogen (secondary N) is 1. The molecule has 0 spiro atoms. The normalized spacial score (nSPS) is 14.7. The molecule has 0 aliphatic rings. The number of carboxylic acids is 1. The van der Waals surface area contributed by atoms with Crippen LogP contribution in [0.25, 0.3) is 0 Å². The number of aromatic carboxylic acids is 1. The van der Waals surface area contributed by atoms with Gasteiger partial charge in [0.05, 0.1) is 15.6 Å². The Balaban J connectivity index is 3.26. The summed E-state index contributed by atoms with van der Waals surface area (Å²) in [4.78, 5) is 10.8. The first-order chi connectivity index (χ1) is 9.60. The van der Waals surface area contributed by atoms with Crippen LogP contribution in [0.1, 0.15) is 37.6 Å². The number of hydrogen-bond donors (Lipinski definition) is 2. The minimum Gasteiger partial charge on any atom is -0.478 e. The molecule has 0 aliphatic heterocycles. The summed E-state index contributed by atoms with van der Waals surface area (Å²) in [5.41, 5.74) is -0.308. The lowest BCUT2D eigenvalue weighted by Gasteiger charge is -2.20. The fourth-order valence-electron chi connectivity index (χ4n) is 1.68. The molecule has 8 heteroatoms. The van der Waals surface area contributed by atoms with Gasteiger partial charge < -0.3 is 5.11 Å². The summed E-state index contributed by atoms with van der Waals surface area (Å²) in [7, 11) is -3.92. The van der Waals surface area contributed by atoms with Gasteiger partial charge in [-0.2, -0.15) is 0 Å². The van der Waals surface area contributed by atoms with E-state index in [1.54, 1.807) is 6.92 Å². The van der Waals surface area contributed by atoms with Crippen LogP contribution in [0.4, 0.5) is 0 Å². The molecule has 118 valence electrons. The molecular formula is C13H17Cl2NO4S. The van der Waals surface area contributed by atoms with Gasteiger partial charge in [-0.3, -0.25) is 0 Å². The largest absolute Gasteiger partial charge is 0.478 e. The Labute approximate surface area is 134 Å². The highest BCUT2D eigenvalue weighted by atomic mass is 35.5. The molecule has 1 rings (SSSR count). The van der Waals surface area contributed by atoms with Crippen molar-refractivity contribution in [2.24, 2.45) is 5.92 Å². The Morgan fingerprint density at radius 1 is 1.29 bits per heavy atom. The Morgan fingerprint density at radius 3 is 2.33 bits per heavy atom. The second-order valence-electron chi connectivity index (χ2n) is 4.86. The molecule has 0 saturated heterocycles. The first-order valence-corrected chi connectivity index (χ1v) is 8.58. The van der Waals surface area contributed by atoms with E-state index in [0.29, 0.717) is 0 Å². The first-order valence-electron chi connectivity index (χ1n) is 6.34. The van der Waals surface area contributed by atoms with Crippen LogP contribution in [0.2, 0.25) is 10.0 Å². The van der Waals surface area contributed by atoms with Crippen LogP contribution in [-0.4, -0.2) is 25.5 Å². The van der Waals surface area contributed by atoms with Crippen molar-refractivity contribution in [1.29, 1.82) is 0 Å². The summed E-state index contributed by atoms with van der Waals surface area (Å²) in [5, 5.41) is 8.79. The number of carbonyl (C=O) groups is 1. The van der Waals surface area contributed by atoms with Crippen molar-refractivity contribution in [3.05, 3.63) is 27.7 Å². The van der Waals surface area contributed by atoms with E-state index in [-0.39, 0.29) is 32.5 Å². The number of sulfonamides is 1. The number of benzene rings is 1. The van der Waals surface area contributed by atoms with Crippen LogP contribution in [0, 0.1) is 5.92 Å². The monoisotopic (exact) mass is 353 g/mol. The van der Waals surface area contributed by atoms with Gasteiger partial charge in [-0.05, 0) is 25.0 Å². The molecule has 0 aromatic heterocycles. The van der Waals surface area contributed by atoms with Crippen LogP contribution >= 0.6 is 23.2 Å². The summed E-state index contributed by atoms with van der Waals surface area (Å²) in [6.07, 6.45) is 0.804. The fourth-order valence-corrected chi connectivity index (χ4v) is 3.88. The van der Waals surface area contributed by atoms with Crippen LogP contribution in [0.3, 0.4) is 0 Å². The number of rotatable bonds is 6. The van der Waals surface area contributed by atoms with Crippen molar-refractivity contribution < 1.29 is 18.3 Å². The molecule has 0 aliphatic carbocycles. The summed E-state index contributed by atoms with van der Waals surface area (Å²) in [6.45, 7) is 5.61. The molecule has 0 radical (unpaired) electrons. The second-order valence-corrected chi connectivity index (χ2v) is 7.36. The van der Waals surface area contributed by atoms with Crippen molar-refractivity contribution in [2.75, 3.05) is 0 Å². The van der Waals surface area contributed by atoms with Gasteiger partial charge in [-0.25, -0.2) is 17.9 Å². The second kappa shape index (κ2) is 6.96. The Hall–Kier alpha value is -0.820. The van der Waals surface area contributed by atoms with E-state index in [9.17, 15) is 13.2 Å². The molecule has 0 amide bonds. The van der Waals surface area contributed by atoms with Crippen molar-refractivity contribution >= 4 is 39.2 Å². The van der Waals surface area contributed by atoms with Crippen LogP contribution in [0.5, 0.6) is 0 Å². The SMILES string of the molecule is CCC(C)C(C)NS(=O)(=O)c1cc(C(=O)O)c(Cl)cc1Cl. The Bertz CT molecular complexity index is 646. The highest BCUT2D eigenvalue weighted by Crippen LogP contribution is 2.29. The van der Waals surface area contributed by atoms with Gasteiger partial charge in [0.15, 0.2) is 0 Å². The van der Waals surface area contributed by atoms with Gasteiger partial charge in [0, 0.05) is 6.04 Å². The quantitative estimate of drug-likeness (QED) is 0.820. The van der Waals surface area contributed by atoms with E-state index < -0.39 is 16.0 Å². The third-order valence-electron chi connectivity index (χ3n) is 3.38. The summed E-state index contributed by atoms with van der Waals surface area (Å²) in [5.74, 6) is -1.19. The van der Waals surface area contributed by atoms with Crippen molar-refractivity contribution in [3.8, 4) is 0 Å². The summed E-state index contributed by atoms with van der Waals surface area (Å²) < 4.78 is 27.2. The van der Waals surface area contributed by atoms with Crippen molar-refractivity contribution in [1.82, 2.24) is 4.72 Å². The predicted molar refractivity (Wildman–Crippen MR) is 82.7 cm³/mol. The average molecular weight is 354 g/mol. The molecule has 0 fully saturated rings. The van der Waals surface area contributed by atoms with E-state index in [1.807, 2.05) is 13.8 Å². The molecular weight excluding hydrogens is 337 g/mol. The molecule has 0 bridgehead atoms. The minimum atomic E-state index is -3.92. The first kappa shape index (κ1) is 18.2. The fraction of sp³-hybridized carbons (Fsp3) is 0.462. The topological polar surface area (TPSA) is 83.5 Å². The predicted octanol–water partition coefficient (Wildman–Crippen LogP) is 3.40. The zero-order valence-electron chi connectivity index (χ0n) is 11.9. The lowest BCUT2D eigenvalue weighted by atomic mass is 10.0. The smallest absolute Gasteiger partial charge is 0.337 e. The molecule has 2 N–H and O–H groups in total. The Morgan fingerprint density at radius 2 is 1.86 bits per heavy atom. The van der Waals surface area contributed by atoms with Crippen molar-refractivity contribution in [3.63, 3.8) is 0 Å². The summed E-state index contributed by atoms with van der Waals surface area (Å²) in [6, 6.07) is 1.79. The third kappa shape index (κ3) is 4.32. The molecule has 1 aromatic carbocycles. The average Bonchev–Trinajstić information content (AvgIpc) is 2.36. The molecule has 1 aromatic rings. The standard InChI is InChI=1S/C13H17Cl2NO4S/c1-4-7(2)8(3)16-21(19,20)12-5-9(13(17)18)10(14)6-11(12)15/h5-8,16H,4H2,1-3H3,(H,17,18). The zero-order chi connectivity index (χ0) is 16.4. The maximum atomic E-state index is 12.3. The highest BCUT2D eigenvalue weighted by Gasteiger charge is 2.25. The van der Waals surface area contributed by atoms with Gasteiger partial charge in [-0.1, -0.05) is 43.5 Å². The van der Waals surface area contributed by atoms with Gasteiger partial charge >= 0.3 is 5.97 Å². The third-order valence-corrected chi connectivity index (χ3v) is 5.72. The van der Waals surface area contributed by atoms with Crippen molar-refractivity contribution in [2.45, 2.75) is 38.1 Å². The van der Waals surface area contributed by atoms with Gasteiger partial charge in [0.2, 0.25) is 10.0 Å². The number of halogens is 2. The summed E-state index contributed by atoms with van der Waals surface area (Å²) >= 11 is 11.6. The lowest BCUT2D eigenvalue weighted by molar-refractivity contribution is 0.0697. The van der Waals surface area contributed by atoms with E-state index in [2.05, 4.69) is 4.72 Å². The molecule has 2 atom stereocenters. The van der Waals surface area contributed by atoms with E-state index in [1.165, 1.54) is 0 Å². The Kier molecular flexibility index (Phi) is 6.04. The van der Waals surface area contributed by atoms with Crippen LogP contribution < -0.4 is 4.72 Å². The molecule has 0 heterocycles. The molecule has 21 heavy (non-hydrogen) atoms. The van der Waals surface area contributed by atoms with Gasteiger partial charge in [-0.15, -0.1) is 0 Å². The maximum absolute atomic E-state index is 12.3. The molecule has 2 unspecified atom stereocenters. The minimum absolute atomic E-state index is 0.110. The zero-order valence-corrected chi connectivity index (χ0v) is 14.2. The van der Waals surface area contributed by atoms with E-state index in [4.69, 9.17) is 28.3 Å². The molecule has 0 saturated carbocycles. The van der Waals surface area contributed by atoms with Crippen LogP contribution in [-0.2, 0) is 10.0 Å². The number of hydrogen-bond acceptors (Lipinski definition) is 3. The lowest BCUT2D eigenvalue weighted by Crippen LogP contribution is -2.37.